The van der Waals surface area contributed by atoms with Gasteiger partial charge in [-0.25, -0.2) is 9.78 Å². The number of rotatable bonds is 7. The molecule has 0 aliphatic rings. The van der Waals surface area contributed by atoms with Crippen LogP contribution in [-0.2, 0) is 11.2 Å². The Kier molecular flexibility index (Phi) is 6.41. The van der Waals surface area contributed by atoms with Gasteiger partial charge in [-0.3, -0.25) is 4.79 Å². The molecule has 1 aromatic heterocycles. The first-order valence-corrected chi connectivity index (χ1v) is 10.9. The summed E-state index contributed by atoms with van der Waals surface area (Å²) in [5.74, 6) is -0.721. The number of Topliss-reactive ketones (excluding diaryl/α,β-unsaturated/α-hetero) is 1. The molecule has 1 atom stereocenters. The van der Waals surface area contributed by atoms with Gasteiger partial charge in [-0.15, -0.1) is 0 Å². The fourth-order valence-electron chi connectivity index (χ4n) is 3.71. The van der Waals surface area contributed by atoms with Crippen molar-refractivity contribution in [2.24, 2.45) is 0 Å². The van der Waals surface area contributed by atoms with Gasteiger partial charge in [0.15, 0.2) is 6.10 Å². The Morgan fingerprint density at radius 1 is 0.875 bits per heavy atom. The molecule has 0 unspecified atom stereocenters. The lowest BCUT2D eigenvalue weighted by Crippen LogP contribution is -2.27. The molecule has 0 saturated carbocycles. The maximum Gasteiger partial charge on any atom is 0.339 e. The van der Waals surface area contributed by atoms with Crippen LogP contribution in [0.15, 0.2) is 84.9 Å². The van der Waals surface area contributed by atoms with E-state index in [0.717, 1.165) is 12.0 Å². The van der Waals surface area contributed by atoms with Gasteiger partial charge in [0.2, 0.25) is 5.78 Å². The zero-order valence-corrected chi connectivity index (χ0v) is 18.2. The van der Waals surface area contributed by atoms with Crippen LogP contribution in [0, 0.1) is 0 Å². The number of aromatic nitrogens is 1. The van der Waals surface area contributed by atoms with Crippen molar-refractivity contribution in [2.45, 2.75) is 32.8 Å². The summed E-state index contributed by atoms with van der Waals surface area (Å²) in [6.45, 7) is 3.95. The summed E-state index contributed by atoms with van der Waals surface area (Å²) in [6.07, 6.45) is 0.508. The third-order valence-corrected chi connectivity index (χ3v) is 5.56. The third kappa shape index (κ3) is 4.45. The Bertz CT molecular complexity index is 1250. The van der Waals surface area contributed by atoms with E-state index in [4.69, 9.17) is 9.72 Å². The minimum atomic E-state index is -0.843. The number of carbonyl (C=O) groups is 2. The number of esters is 1. The number of ether oxygens (including phenoxy) is 1. The van der Waals surface area contributed by atoms with Gasteiger partial charge in [0, 0.05) is 16.5 Å². The van der Waals surface area contributed by atoms with Crippen LogP contribution in [0.1, 0.15) is 46.5 Å². The van der Waals surface area contributed by atoms with E-state index in [0.29, 0.717) is 34.1 Å². The fraction of sp³-hybridized carbons (Fsp3) is 0.179. The zero-order chi connectivity index (χ0) is 22.5. The van der Waals surface area contributed by atoms with Gasteiger partial charge in [-0.05, 0) is 30.5 Å². The van der Waals surface area contributed by atoms with Gasteiger partial charge in [-0.1, -0.05) is 86.6 Å². The Hall–Kier alpha value is -3.79. The Morgan fingerprint density at radius 3 is 2.25 bits per heavy atom. The van der Waals surface area contributed by atoms with Crippen LogP contribution in [0.25, 0.3) is 22.2 Å². The molecule has 3 aromatic carbocycles. The zero-order valence-electron chi connectivity index (χ0n) is 18.2. The van der Waals surface area contributed by atoms with E-state index in [-0.39, 0.29) is 5.78 Å². The predicted octanol–water partition coefficient (Wildman–Crippen LogP) is 6.28. The van der Waals surface area contributed by atoms with Crippen LogP contribution in [0.4, 0.5) is 0 Å². The summed E-state index contributed by atoms with van der Waals surface area (Å²) in [5.41, 5.74) is 4.50. The molecule has 4 heteroatoms. The Morgan fingerprint density at radius 2 is 1.56 bits per heavy atom. The van der Waals surface area contributed by atoms with Crippen LogP contribution >= 0.6 is 0 Å². The lowest BCUT2D eigenvalue weighted by atomic mass is 10.0. The highest BCUT2D eigenvalue weighted by Gasteiger charge is 2.24. The molecule has 1 heterocycles. The average Bonchev–Trinajstić information content (AvgIpc) is 2.86. The number of nitrogens with zero attached hydrogens (tertiary/aromatic N) is 1. The van der Waals surface area contributed by atoms with Crippen molar-refractivity contribution < 1.29 is 14.3 Å². The molecule has 0 bridgehead atoms. The molecule has 4 rings (SSSR count). The molecule has 0 aliphatic carbocycles. The molecular formula is C28H25NO3. The van der Waals surface area contributed by atoms with Crippen molar-refractivity contribution in [3.63, 3.8) is 0 Å². The quantitative estimate of drug-likeness (QED) is 0.259. The molecule has 0 aliphatic heterocycles. The number of carbonyl (C=O) groups excluding carboxylic acids is 2. The summed E-state index contributed by atoms with van der Waals surface area (Å²) in [4.78, 5) is 30.9. The van der Waals surface area contributed by atoms with Crippen molar-refractivity contribution >= 4 is 22.7 Å². The van der Waals surface area contributed by atoms with Crippen molar-refractivity contribution in [2.75, 3.05) is 0 Å². The summed E-state index contributed by atoms with van der Waals surface area (Å²) >= 11 is 0. The maximum absolute atomic E-state index is 13.2. The molecule has 32 heavy (non-hydrogen) atoms. The molecule has 4 nitrogen and oxygen atoms in total. The lowest BCUT2D eigenvalue weighted by Gasteiger charge is -2.16. The molecule has 0 fully saturated rings. The van der Waals surface area contributed by atoms with Gasteiger partial charge < -0.3 is 4.74 Å². The molecular weight excluding hydrogens is 398 g/mol. The van der Waals surface area contributed by atoms with E-state index in [2.05, 4.69) is 19.1 Å². The lowest BCUT2D eigenvalue weighted by molar-refractivity contribution is 0.0279. The third-order valence-electron chi connectivity index (χ3n) is 5.56. The van der Waals surface area contributed by atoms with E-state index in [9.17, 15) is 9.59 Å². The van der Waals surface area contributed by atoms with E-state index < -0.39 is 12.1 Å². The number of hydrogen-bond acceptors (Lipinski definition) is 4. The van der Waals surface area contributed by atoms with E-state index in [1.54, 1.807) is 30.3 Å². The van der Waals surface area contributed by atoms with Crippen LogP contribution in [0.5, 0.6) is 0 Å². The number of hydrogen-bond donors (Lipinski definition) is 0. The van der Waals surface area contributed by atoms with Crippen molar-refractivity contribution in [1.29, 1.82) is 0 Å². The molecule has 0 amide bonds. The highest BCUT2D eigenvalue weighted by Crippen LogP contribution is 2.26. The standard InChI is InChI=1S/C28H25NO3/c1-3-19-14-16-20(17-15-19)25-18-23(22-12-8-9-13-24(22)29-25)28(31)32-26(4-2)27(30)21-10-6-5-7-11-21/h5-18,26H,3-4H2,1-2H3/t26-/m0/s1. The second kappa shape index (κ2) is 9.56. The largest absolute Gasteiger partial charge is 0.450 e. The van der Waals surface area contributed by atoms with Crippen LogP contribution in [0.3, 0.4) is 0 Å². The number of para-hydroxylation sites is 1. The molecule has 160 valence electrons. The van der Waals surface area contributed by atoms with Gasteiger partial charge >= 0.3 is 5.97 Å². The smallest absolute Gasteiger partial charge is 0.339 e. The second-order valence-corrected chi connectivity index (χ2v) is 7.66. The summed E-state index contributed by atoms with van der Waals surface area (Å²) in [6, 6.07) is 26.3. The van der Waals surface area contributed by atoms with Gasteiger partial charge in [-0.2, -0.15) is 0 Å². The topological polar surface area (TPSA) is 56.3 Å². The van der Waals surface area contributed by atoms with Crippen molar-refractivity contribution in [3.05, 3.63) is 102 Å². The highest BCUT2D eigenvalue weighted by atomic mass is 16.5. The van der Waals surface area contributed by atoms with Gasteiger partial charge in [0.1, 0.15) is 0 Å². The predicted molar refractivity (Wildman–Crippen MR) is 127 cm³/mol. The van der Waals surface area contributed by atoms with Crippen LogP contribution in [-0.4, -0.2) is 22.8 Å². The van der Waals surface area contributed by atoms with E-state index >= 15 is 0 Å². The molecule has 0 spiro atoms. The number of pyridine rings is 1. The fourth-order valence-corrected chi connectivity index (χ4v) is 3.71. The second-order valence-electron chi connectivity index (χ2n) is 7.66. The number of fused-ring (bicyclic) bond motifs is 1. The number of benzene rings is 3. The minimum Gasteiger partial charge on any atom is -0.450 e. The van der Waals surface area contributed by atoms with E-state index in [1.807, 2.05) is 49.4 Å². The van der Waals surface area contributed by atoms with Crippen LogP contribution < -0.4 is 0 Å². The molecule has 0 radical (unpaired) electrons. The monoisotopic (exact) mass is 423 g/mol. The highest BCUT2D eigenvalue weighted by molar-refractivity contribution is 6.06. The Balaban J connectivity index is 1.70. The molecule has 4 aromatic rings. The average molecular weight is 424 g/mol. The number of ketones is 1. The van der Waals surface area contributed by atoms with Crippen LogP contribution in [0.2, 0.25) is 0 Å². The Labute approximate surface area is 187 Å². The normalized spacial score (nSPS) is 11.8. The summed E-state index contributed by atoms with van der Waals surface area (Å²) in [7, 11) is 0. The first kappa shape index (κ1) is 21.4. The number of aryl methyl sites for hydroxylation is 1. The summed E-state index contributed by atoms with van der Waals surface area (Å²) < 4.78 is 5.72. The first-order valence-electron chi connectivity index (χ1n) is 10.9. The first-order chi connectivity index (χ1) is 15.6. The molecule has 0 saturated heterocycles. The SMILES string of the molecule is CCc1ccc(-c2cc(C(=O)O[C@@H](CC)C(=O)c3ccccc3)c3ccccc3n2)cc1. The van der Waals surface area contributed by atoms with Crippen molar-refractivity contribution in [1.82, 2.24) is 4.98 Å². The van der Waals surface area contributed by atoms with Crippen molar-refractivity contribution in [3.8, 4) is 11.3 Å². The van der Waals surface area contributed by atoms with Gasteiger partial charge in [0.05, 0.1) is 16.8 Å². The maximum atomic E-state index is 13.2. The van der Waals surface area contributed by atoms with Gasteiger partial charge in [0.25, 0.3) is 0 Å². The summed E-state index contributed by atoms with van der Waals surface area (Å²) in [5, 5.41) is 0.702. The molecule has 0 N–H and O–H groups in total. The minimum absolute atomic E-state index is 0.199. The van der Waals surface area contributed by atoms with E-state index in [1.165, 1.54) is 5.56 Å².